The molecule has 19 heavy (non-hydrogen) atoms. The number of aryl methyl sites for hydroxylation is 1. The highest BCUT2D eigenvalue weighted by atomic mass is 35.5. The molecular formula is C16H19ClO2. The summed E-state index contributed by atoms with van der Waals surface area (Å²) in [4.78, 5) is 11.2. The fraction of sp³-hybridized carbons (Fsp3) is 0.562. The smallest absolute Gasteiger partial charge is 0.310 e. The predicted molar refractivity (Wildman–Crippen MR) is 76.0 cm³/mol. The van der Waals surface area contributed by atoms with E-state index in [4.69, 9.17) is 11.6 Å². The highest BCUT2D eigenvalue weighted by Gasteiger charge is 2.30. The number of aliphatic carboxylic acids is 1. The van der Waals surface area contributed by atoms with Gasteiger partial charge in [-0.3, -0.25) is 4.79 Å². The van der Waals surface area contributed by atoms with Gasteiger partial charge in [-0.2, -0.15) is 0 Å². The van der Waals surface area contributed by atoms with Crippen LogP contribution in [0.1, 0.15) is 67.1 Å². The SMILES string of the molecule is O=C(O)C1CCc2cc(C3CCCCC3)c(Cl)cc21. The van der Waals surface area contributed by atoms with Crippen molar-refractivity contribution in [2.45, 2.75) is 56.8 Å². The standard InChI is InChI=1S/C16H19ClO2/c17-15-9-13-11(6-7-12(13)16(18)19)8-14(15)10-4-2-1-3-5-10/h8-10,12H,1-7H2,(H,18,19). The molecule has 0 amide bonds. The second-order valence-electron chi connectivity index (χ2n) is 5.84. The summed E-state index contributed by atoms with van der Waals surface area (Å²) in [5.74, 6) is -0.497. The molecule has 0 saturated heterocycles. The van der Waals surface area contributed by atoms with E-state index in [1.54, 1.807) is 0 Å². The first-order valence-corrected chi connectivity index (χ1v) is 7.59. The summed E-state index contributed by atoms with van der Waals surface area (Å²) in [6.45, 7) is 0. The molecule has 1 N–H and O–H groups in total. The number of benzene rings is 1. The van der Waals surface area contributed by atoms with Crippen molar-refractivity contribution >= 4 is 17.6 Å². The molecule has 3 heteroatoms. The summed E-state index contributed by atoms with van der Waals surface area (Å²) in [5.41, 5.74) is 3.40. The average Bonchev–Trinajstić information content (AvgIpc) is 2.81. The molecule has 1 atom stereocenters. The third kappa shape index (κ3) is 2.38. The van der Waals surface area contributed by atoms with E-state index in [1.165, 1.54) is 43.2 Å². The second kappa shape index (κ2) is 5.16. The molecule has 102 valence electrons. The van der Waals surface area contributed by atoms with E-state index < -0.39 is 5.97 Å². The van der Waals surface area contributed by atoms with Crippen LogP contribution in [0.2, 0.25) is 5.02 Å². The number of hydrogen-bond acceptors (Lipinski definition) is 1. The zero-order valence-corrected chi connectivity index (χ0v) is 11.7. The molecule has 0 bridgehead atoms. The third-order valence-electron chi connectivity index (χ3n) is 4.68. The number of fused-ring (bicyclic) bond motifs is 1. The highest BCUT2D eigenvalue weighted by Crippen LogP contribution is 2.42. The van der Waals surface area contributed by atoms with Crippen LogP contribution in [0.3, 0.4) is 0 Å². The molecule has 0 heterocycles. The molecule has 1 fully saturated rings. The number of carbonyl (C=O) groups is 1. The molecule has 2 aliphatic rings. The van der Waals surface area contributed by atoms with E-state index in [1.807, 2.05) is 6.07 Å². The van der Waals surface area contributed by atoms with Crippen molar-refractivity contribution in [3.05, 3.63) is 33.8 Å². The van der Waals surface area contributed by atoms with Crippen molar-refractivity contribution in [2.24, 2.45) is 0 Å². The number of carboxylic acids is 1. The van der Waals surface area contributed by atoms with Gasteiger partial charge in [-0.15, -0.1) is 0 Å². The van der Waals surface area contributed by atoms with Gasteiger partial charge in [0.25, 0.3) is 0 Å². The van der Waals surface area contributed by atoms with Crippen LogP contribution in [0.5, 0.6) is 0 Å². The van der Waals surface area contributed by atoms with Crippen LogP contribution in [0.4, 0.5) is 0 Å². The Bertz CT molecular complexity index is 504. The summed E-state index contributed by atoms with van der Waals surface area (Å²) in [5, 5.41) is 10.0. The van der Waals surface area contributed by atoms with Crippen LogP contribution in [-0.4, -0.2) is 11.1 Å². The minimum atomic E-state index is -0.722. The first-order valence-electron chi connectivity index (χ1n) is 7.22. The van der Waals surface area contributed by atoms with Crippen molar-refractivity contribution < 1.29 is 9.90 Å². The summed E-state index contributed by atoms with van der Waals surface area (Å²) < 4.78 is 0. The molecule has 3 rings (SSSR count). The molecule has 1 saturated carbocycles. The van der Waals surface area contributed by atoms with Gasteiger partial charge >= 0.3 is 5.97 Å². The lowest BCUT2D eigenvalue weighted by Gasteiger charge is -2.24. The number of halogens is 1. The lowest BCUT2D eigenvalue weighted by Crippen LogP contribution is -2.09. The Morgan fingerprint density at radius 2 is 1.84 bits per heavy atom. The van der Waals surface area contributed by atoms with Crippen LogP contribution in [0.25, 0.3) is 0 Å². The zero-order valence-electron chi connectivity index (χ0n) is 11.0. The predicted octanol–water partition coefficient (Wildman–Crippen LogP) is 4.50. The molecule has 0 aromatic heterocycles. The van der Waals surface area contributed by atoms with Gasteiger partial charge in [0.15, 0.2) is 0 Å². The van der Waals surface area contributed by atoms with E-state index in [0.717, 1.165) is 23.4 Å². The van der Waals surface area contributed by atoms with E-state index in [-0.39, 0.29) is 5.92 Å². The Labute approximate surface area is 118 Å². The number of carboxylic acid groups (broad SMARTS) is 1. The Morgan fingerprint density at radius 1 is 1.11 bits per heavy atom. The van der Waals surface area contributed by atoms with Gasteiger partial charge in [-0.25, -0.2) is 0 Å². The maximum absolute atomic E-state index is 11.2. The fourth-order valence-electron chi connectivity index (χ4n) is 3.63. The van der Waals surface area contributed by atoms with Gasteiger partial charge in [0.05, 0.1) is 5.92 Å². The van der Waals surface area contributed by atoms with Crippen molar-refractivity contribution in [1.29, 1.82) is 0 Å². The van der Waals surface area contributed by atoms with Crippen LogP contribution in [0, 0.1) is 0 Å². The molecular weight excluding hydrogens is 260 g/mol. The summed E-state index contributed by atoms with van der Waals surface area (Å²) >= 11 is 6.42. The minimum absolute atomic E-state index is 0.354. The van der Waals surface area contributed by atoms with Crippen molar-refractivity contribution in [3.8, 4) is 0 Å². The normalized spacial score (nSPS) is 23.3. The Hall–Kier alpha value is -1.02. The maximum Gasteiger partial charge on any atom is 0.310 e. The van der Waals surface area contributed by atoms with Crippen molar-refractivity contribution in [3.63, 3.8) is 0 Å². The Balaban J connectivity index is 1.94. The van der Waals surface area contributed by atoms with E-state index in [9.17, 15) is 9.90 Å². The fourth-order valence-corrected chi connectivity index (χ4v) is 3.96. The van der Waals surface area contributed by atoms with Gasteiger partial charge in [-0.1, -0.05) is 36.9 Å². The Kier molecular flexibility index (Phi) is 3.53. The van der Waals surface area contributed by atoms with Gasteiger partial charge < -0.3 is 5.11 Å². The lowest BCUT2D eigenvalue weighted by atomic mass is 9.83. The van der Waals surface area contributed by atoms with Gasteiger partial charge in [0.2, 0.25) is 0 Å². The first-order chi connectivity index (χ1) is 9.16. The molecule has 0 radical (unpaired) electrons. The topological polar surface area (TPSA) is 37.3 Å². The second-order valence-corrected chi connectivity index (χ2v) is 6.24. The van der Waals surface area contributed by atoms with Crippen molar-refractivity contribution in [1.82, 2.24) is 0 Å². The molecule has 1 aromatic rings. The molecule has 1 aromatic carbocycles. The van der Waals surface area contributed by atoms with Gasteiger partial charge in [0.1, 0.15) is 0 Å². The van der Waals surface area contributed by atoms with E-state index in [0.29, 0.717) is 5.92 Å². The summed E-state index contributed by atoms with van der Waals surface area (Å²) in [6, 6.07) is 4.11. The molecule has 0 spiro atoms. The van der Waals surface area contributed by atoms with Crippen LogP contribution >= 0.6 is 11.6 Å². The molecule has 0 aliphatic heterocycles. The largest absolute Gasteiger partial charge is 0.481 e. The quantitative estimate of drug-likeness (QED) is 0.865. The minimum Gasteiger partial charge on any atom is -0.481 e. The molecule has 2 aliphatic carbocycles. The number of hydrogen-bond donors (Lipinski definition) is 1. The summed E-state index contributed by atoms with van der Waals surface area (Å²) in [7, 11) is 0. The van der Waals surface area contributed by atoms with Crippen LogP contribution in [0.15, 0.2) is 12.1 Å². The lowest BCUT2D eigenvalue weighted by molar-refractivity contribution is -0.138. The summed E-state index contributed by atoms with van der Waals surface area (Å²) in [6.07, 6.45) is 7.95. The van der Waals surface area contributed by atoms with Crippen LogP contribution in [-0.2, 0) is 11.2 Å². The monoisotopic (exact) mass is 278 g/mol. The average molecular weight is 279 g/mol. The Morgan fingerprint density at radius 3 is 2.53 bits per heavy atom. The van der Waals surface area contributed by atoms with E-state index in [2.05, 4.69) is 6.07 Å². The molecule has 2 nitrogen and oxygen atoms in total. The molecule has 1 unspecified atom stereocenters. The first kappa shape index (κ1) is 13.0. The van der Waals surface area contributed by atoms with Crippen LogP contribution < -0.4 is 0 Å². The maximum atomic E-state index is 11.2. The van der Waals surface area contributed by atoms with Gasteiger partial charge in [-0.05, 0) is 54.4 Å². The van der Waals surface area contributed by atoms with E-state index >= 15 is 0 Å². The van der Waals surface area contributed by atoms with Crippen molar-refractivity contribution in [2.75, 3.05) is 0 Å². The van der Waals surface area contributed by atoms with Gasteiger partial charge in [0, 0.05) is 5.02 Å². The highest BCUT2D eigenvalue weighted by molar-refractivity contribution is 6.31. The number of rotatable bonds is 2. The zero-order chi connectivity index (χ0) is 13.4. The third-order valence-corrected chi connectivity index (χ3v) is 5.01.